The predicted octanol–water partition coefficient (Wildman–Crippen LogP) is 2.21. The number of aryl methyl sites for hydroxylation is 3. The summed E-state index contributed by atoms with van der Waals surface area (Å²) in [5.74, 6) is 0.815. The highest BCUT2D eigenvalue weighted by Gasteiger charge is 2.10. The molecule has 0 fully saturated rings. The molecule has 2 aromatic rings. The van der Waals surface area contributed by atoms with Crippen LogP contribution in [0.1, 0.15) is 36.0 Å². The van der Waals surface area contributed by atoms with Crippen molar-refractivity contribution in [2.75, 3.05) is 18.4 Å². The van der Waals surface area contributed by atoms with Crippen molar-refractivity contribution in [2.24, 2.45) is 0 Å². The van der Waals surface area contributed by atoms with Crippen LogP contribution in [0.5, 0.6) is 0 Å². The molecule has 0 atom stereocenters. The number of anilines is 1. The molecule has 2 heterocycles. The van der Waals surface area contributed by atoms with Gasteiger partial charge in [-0.05, 0) is 39.3 Å². The van der Waals surface area contributed by atoms with Crippen LogP contribution in [0.3, 0.4) is 0 Å². The van der Waals surface area contributed by atoms with E-state index in [0.29, 0.717) is 0 Å². The van der Waals surface area contributed by atoms with Crippen LogP contribution in [0.2, 0.25) is 0 Å². The van der Waals surface area contributed by atoms with E-state index in [1.807, 2.05) is 19.1 Å². The Morgan fingerprint density at radius 1 is 1.09 bits per heavy atom. The lowest BCUT2D eigenvalue weighted by molar-refractivity contribution is 0.581. The molecule has 0 bridgehead atoms. The third kappa shape index (κ3) is 4.27. The van der Waals surface area contributed by atoms with E-state index in [1.54, 1.807) is 0 Å². The van der Waals surface area contributed by atoms with Crippen molar-refractivity contribution in [3.8, 4) is 0 Å². The molecule has 120 valence electrons. The van der Waals surface area contributed by atoms with Gasteiger partial charge in [0.15, 0.2) is 0 Å². The van der Waals surface area contributed by atoms with Gasteiger partial charge in [0, 0.05) is 37.4 Å². The van der Waals surface area contributed by atoms with Crippen molar-refractivity contribution < 1.29 is 0 Å². The molecule has 0 amide bonds. The zero-order chi connectivity index (χ0) is 15.9. The molecule has 0 radical (unpaired) electrons. The van der Waals surface area contributed by atoms with Gasteiger partial charge in [0.2, 0.25) is 0 Å². The van der Waals surface area contributed by atoms with E-state index in [0.717, 1.165) is 49.8 Å². The summed E-state index contributed by atoms with van der Waals surface area (Å²) in [5, 5.41) is 19.4. The molecule has 2 rings (SSSR count). The standard InChI is InChI=1S/C16H26N6/c1-5-10-22-14(4)15(13(3)21-22)11-17-8-9-18-16-7-6-12(2)19-20-16/h6-7,17H,5,8-11H2,1-4H3,(H,18,20). The van der Waals surface area contributed by atoms with Gasteiger partial charge in [-0.15, -0.1) is 5.10 Å². The molecule has 0 aromatic carbocycles. The van der Waals surface area contributed by atoms with Crippen LogP contribution in [-0.4, -0.2) is 33.1 Å². The highest BCUT2D eigenvalue weighted by molar-refractivity contribution is 5.32. The molecule has 6 heteroatoms. The molecule has 0 aliphatic carbocycles. The number of nitrogens with one attached hydrogen (secondary N) is 2. The van der Waals surface area contributed by atoms with Gasteiger partial charge in [0.1, 0.15) is 5.82 Å². The summed E-state index contributed by atoms with van der Waals surface area (Å²) in [6, 6.07) is 3.91. The van der Waals surface area contributed by atoms with Gasteiger partial charge >= 0.3 is 0 Å². The summed E-state index contributed by atoms with van der Waals surface area (Å²) in [4.78, 5) is 0. The summed E-state index contributed by atoms with van der Waals surface area (Å²) in [6.45, 7) is 11.9. The number of hydrogen-bond donors (Lipinski definition) is 2. The first-order chi connectivity index (χ1) is 10.6. The smallest absolute Gasteiger partial charge is 0.148 e. The van der Waals surface area contributed by atoms with Crippen molar-refractivity contribution >= 4 is 5.82 Å². The fraction of sp³-hybridized carbons (Fsp3) is 0.562. The lowest BCUT2D eigenvalue weighted by Gasteiger charge is -2.08. The van der Waals surface area contributed by atoms with Crippen molar-refractivity contribution in [3.05, 3.63) is 34.8 Å². The second-order valence-corrected chi connectivity index (χ2v) is 5.54. The minimum Gasteiger partial charge on any atom is -0.367 e. The Morgan fingerprint density at radius 3 is 2.59 bits per heavy atom. The average molecular weight is 302 g/mol. The molecule has 2 N–H and O–H groups in total. The Hall–Kier alpha value is -1.95. The first kappa shape index (κ1) is 16.4. The third-order valence-corrected chi connectivity index (χ3v) is 3.67. The maximum Gasteiger partial charge on any atom is 0.148 e. The number of aromatic nitrogens is 4. The van der Waals surface area contributed by atoms with Crippen LogP contribution in [0.4, 0.5) is 5.82 Å². The summed E-state index contributed by atoms with van der Waals surface area (Å²) in [7, 11) is 0. The van der Waals surface area contributed by atoms with E-state index >= 15 is 0 Å². The molecular formula is C16H26N6. The van der Waals surface area contributed by atoms with Gasteiger partial charge in [-0.1, -0.05) is 6.92 Å². The molecule has 6 nitrogen and oxygen atoms in total. The van der Waals surface area contributed by atoms with Crippen LogP contribution in [0.15, 0.2) is 12.1 Å². The zero-order valence-corrected chi connectivity index (χ0v) is 14.0. The van der Waals surface area contributed by atoms with Crippen molar-refractivity contribution in [3.63, 3.8) is 0 Å². The van der Waals surface area contributed by atoms with Crippen LogP contribution in [-0.2, 0) is 13.1 Å². The highest BCUT2D eigenvalue weighted by Crippen LogP contribution is 2.13. The highest BCUT2D eigenvalue weighted by atomic mass is 15.3. The van der Waals surface area contributed by atoms with Gasteiger partial charge in [0.25, 0.3) is 0 Å². The molecule has 2 aromatic heterocycles. The van der Waals surface area contributed by atoms with E-state index in [1.165, 1.54) is 11.3 Å². The summed E-state index contributed by atoms with van der Waals surface area (Å²) >= 11 is 0. The van der Waals surface area contributed by atoms with E-state index in [9.17, 15) is 0 Å². The quantitative estimate of drug-likeness (QED) is 0.732. The Balaban J connectivity index is 1.76. The Bertz CT molecular complexity index is 587. The van der Waals surface area contributed by atoms with Gasteiger partial charge in [0.05, 0.1) is 11.4 Å². The summed E-state index contributed by atoms with van der Waals surface area (Å²) in [5.41, 5.74) is 4.63. The maximum absolute atomic E-state index is 4.60. The second kappa shape index (κ2) is 7.89. The molecule has 0 spiro atoms. The summed E-state index contributed by atoms with van der Waals surface area (Å²) < 4.78 is 2.10. The lowest BCUT2D eigenvalue weighted by atomic mass is 10.2. The van der Waals surface area contributed by atoms with Crippen molar-refractivity contribution in [1.29, 1.82) is 0 Å². The first-order valence-corrected chi connectivity index (χ1v) is 7.89. The van der Waals surface area contributed by atoms with Gasteiger partial charge < -0.3 is 10.6 Å². The lowest BCUT2D eigenvalue weighted by Crippen LogP contribution is -2.22. The Morgan fingerprint density at radius 2 is 1.91 bits per heavy atom. The third-order valence-electron chi connectivity index (χ3n) is 3.67. The Labute approximate surface area is 132 Å². The fourth-order valence-electron chi connectivity index (χ4n) is 2.40. The molecule has 0 saturated heterocycles. The zero-order valence-electron chi connectivity index (χ0n) is 14.0. The molecule has 0 aliphatic heterocycles. The number of nitrogens with zero attached hydrogens (tertiary/aromatic N) is 4. The average Bonchev–Trinajstić information content (AvgIpc) is 2.76. The van der Waals surface area contributed by atoms with Gasteiger partial charge in [-0.3, -0.25) is 4.68 Å². The normalized spacial score (nSPS) is 10.9. The van der Waals surface area contributed by atoms with Crippen LogP contribution in [0, 0.1) is 20.8 Å². The second-order valence-electron chi connectivity index (χ2n) is 5.54. The minimum absolute atomic E-state index is 0.815. The molecule has 0 aliphatic rings. The van der Waals surface area contributed by atoms with E-state index in [2.05, 4.69) is 51.4 Å². The SMILES string of the molecule is CCCn1nc(C)c(CNCCNc2ccc(C)nn2)c1C. The number of hydrogen-bond acceptors (Lipinski definition) is 5. The fourth-order valence-corrected chi connectivity index (χ4v) is 2.40. The molecule has 0 unspecified atom stereocenters. The largest absolute Gasteiger partial charge is 0.367 e. The van der Waals surface area contributed by atoms with E-state index in [-0.39, 0.29) is 0 Å². The van der Waals surface area contributed by atoms with Crippen LogP contribution < -0.4 is 10.6 Å². The number of rotatable bonds is 8. The van der Waals surface area contributed by atoms with Crippen LogP contribution >= 0.6 is 0 Å². The van der Waals surface area contributed by atoms with E-state index < -0.39 is 0 Å². The predicted molar refractivity (Wildman–Crippen MR) is 89.0 cm³/mol. The van der Waals surface area contributed by atoms with Crippen LogP contribution in [0.25, 0.3) is 0 Å². The van der Waals surface area contributed by atoms with Gasteiger partial charge in [-0.25, -0.2) is 0 Å². The topological polar surface area (TPSA) is 67.7 Å². The monoisotopic (exact) mass is 302 g/mol. The Kier molecular flexibility index (Phi) is 5.89. The molecule has 0 saturated carbocycles. The van der Waals surface area contributed by atoms with Gasteiger partial charge in [-0.2, -0.15) is 10.2 Å². The molecule has 22 heavy (non-hydrogen) atoms. The maximum atomic E-state index is 4.60. The molecular weight excluding hydrogens is 276 g/mol. The van der Waals surface area contributed by atoms with Crippen molar-refractivity contribution in [2.45, 2.75) is 47.2 Å². The summed E-state index contributed by atoms with van der Waals surface area (Å²) in [6.07, 6.45) is 1.11. The first-order valence-electron chi connectivity index (χ1n) is 7.89. The van der Waals surface area contributed by atoms with Crippen molar-refractivity contribution in [1.82, 2.24) is 25.3 Å². The minimum atomic E-state index is 0.815. The van der Waals surface area contributed by atoms with E-state index in [4.69, 9.17) is 0 Å².